The Morgan fingerprint density at radius 1 is 2.00 bits per heavy atom. The van der Waals surface area contributed by atoms with Crippen LogP contribution in [0.3, 0.4) is 0 Å². The first-order chi connectivity index (χ1) is 4.59. The number of isothiocyanates is 1. The molecule has 0 radical (unpaired) electrons. The summed E-state index contributed by atoms with van der Waals surface area (Å²) in [7, 11) is 0. The van der Waals surface area contributed by atoms with Gasteiger partial charge in [0.05, 0.1) is 5.16 Å². The molecule has 0 spiro atoms. The van der Waals surface area contributed by atoms with E-state index in [0.717, 1.165) is 0 Å². The zero-order valence-corrected chi connectivity index (χ0v) is 6.78. The van der Waals surface area contributed by atoms with Gasteiger partial charge in [0.1, 0.15) is 6.04 Å². The zero-order chi connectivity index (χ0) is 8.57. The van der Waals surface area contributed by atoms with Crippen LogP contribution < -0.4 is 5.73 Å². The third-order valence-electron chi connectivity index (χ3n) is 0.514. The van der Waals surface area contributed by atoms with Gasteiger partial charge in [0, 0.05) is 5.75 Å². The molecule has 4 nitrogen and oxygen atoms in total. The summed E-state index contributed by atoms with van der Waals surface area (Å²) in [6, 6.07) is -0.816. The van der Waals surface area contributed by atoms with E-state index in [1.807, 2.05) is 0 Å². The first-order valence-electron chi connectivity index (χ1n) is 2.23. The number of thiocarbonyl (C=S) groups is 1. The van der Waals surface area contributed by atoms with Crippen molar-refractivity contribution in [2.24, 2.45) is 5.73 Å². The predicted molar refractivity (Wildman–Crippen MR) is 44.8 cm³/mol. The smallest absolute Gasteiger partial charge is 0.321 e. The van der Waals surface area contributed by atoms with Crippen LogP contribution in [0.25, 0.3) is 0 Å². The van der Waals surface area contributed by atoms with Crippen molar-refractivity contribution in [2.75, 3.05) is 5.75 Å². The highest BCUT2D eigenvalue weighted by molar-refractivity contribution is 7.80. The monoisotopic (exact) mass is 180 g/mol. The van der Waals surface area contributed by atoms with E-state index < -0.39 is 12.0 Å². The van der Waals surface area contributed by atoms with E-state index >= 15 is 0 Å². The van der Waals surface area contributed by atoms with Crippen molar-refractivity contribution < 1.29 is 9.90 Å². The van der Waals surface area contributed by atoms with Crippen LogP contribution >= 0.6 is 24.8 Å². The molecule has 6 heteroatoms. The van der Waals surface area contributed by atoms with Crippen molar-refractivity contribution in [3.05, 3.63) is 0 Å². The van der Waals surface area contributed by atoms with Crippen molar-refractivity contribution in [1.29, 1.82) is 5.41 Å². The predicted octanol–water partition coefficient (Wildman–Crippen LogP) is -0.00393. The summed E-state index contributed by atoms with van der Waals surface area (Å²) in [5.74, 6) is -0.815. The lowest BCUT2D eigenvalue weighted by Crippen LogP contribution is -2.31. The Balaban J connectivity index is 0. The number of carboxylic acids is 1. The third kappa shape index (κ3) is 10.5. The molecule has 0 aromatic rings. The molecular weight excluding hydrogens is 172 g/mol. The van der Waals surface area contributed by atoms with Gasteiger partial charge in [-0.25, -0.2) is 5.41 Å². The fraction of sp³-hybridized carbons (Fsp3) is 0.500. The van der Waals surface area contributed by atoms with Crippen molar-refractivity contribution in [3.8, 4) is 0 Å². The molecule has 0 aliphatic carbocycles. The summed E-state index contributed by atoms with van der Waals surface area (Å²) in [6.45, 7) is 0. The number of hydrogen-bond donors (Lipinski definition) is 4. The molecule has 0 bridgehead atoms. The second-order valence-corrected chi connectivity index (χ2v) is 1.80. The van der Waals surface area contributed by atoms with Gasteiger partial charge in [-0.2, -0.15) is 12.6 Å². The number of thiol groups is 1. The second-order valence-electron chi connectivity index (χ2n) is 1.23. The minimum absolute atomic E-state index is 0.190. The maximum Gasteiger partial charge on any atom is 0.321 e. The summed E-state index contributed by atoms with van der Waals surface area (Å²) < 4.78 is 0. The van der Waals surface area contributed by atoms with E-state index in [-0.39, 0.29) is 5.75 Å². The minimum Gasteiger partial charge on any atom is -0.480 e. The van der Waals surface area contributed by atoms with Gasteiger partial charge in [0.2, 0.25) is 0 Å². The fourth-order valence-electron chi connectivity index (χ4n) is 0.0781. The van der Waals surface area contributed by atoms with Gasteiger partial charge >= 0.3 is 5.97 Å². The average Bonchev–Trinajstić information content (AvgIpc) is 1.88. The molecule has 0 rings (SSSR count). The first kappa shape index (κ1) is 12.3. The number of carbonyl (C=O) groups is 1. The molecule has 0 aliphatic heterocycles. The number of rotatable bonds is 2. The fourth-order valence-corrected chi connectivity index (χ4v) is 0.234. The molecule has 0 amide bonds. The second kappa shape index (κ2) is 8.58. The number of aliphatic carboxylic acids is 1. The zero-order valence-electron chi connectivity index (χ0n) is 5.07. The van der Waals surface area contributed by atoms with Gasteiger partial charge in [-0.15, -0.1) is 0 Å². The lowest BCUT2D eigenvalue weighted by Gasteiger charge is -1.96. The van der Waals surface area contributed by atoms with E-state index in [9.17, 15) is 4.79 Å². The Labute approximate surface area is 69.3 Å². The van der Waals surface area contributed by atoms with Crippen molar-refractivity contribution in [2.45, 2.75) is 6.04 Å². The van der Waals surface area contributed by atoms with E-state index in [1.54, 1.807) is 5.16 Å². The standard InChI is InChI=1S/C3H7NO2S.CHNS/c4-2(1-7)3(5)6;2-1-3/h2,7H,1,4H2,(H,5,6);2H/t2-;/m0./s1. The molecular formula is C4H8N2O2S2. The van der Waals surface area contributed by atoms with Gasteiger partial charge in [-0.3, -0.25) is 4.79 Å². The normalized spacial score (nSPS) is 10.2. The van der Waals surface area contributed by atoms with Gasteiger partial charge in [0.25, 0.3) is 0 Å². The molecule has 0 saturated heterocycles. The van der Waals surface area contributed by atoms with Crippen LogP contribution in [0, 0.1) is 5.41 Å². The number of nitrogens with one attached hydrogen (secondary N) is 1. The van der Waals surface area contributed by atoms with Gasteiger partial charge in [-0.05, 0) is 12.2 Å². The maximum atomic E-state index is 9.76. The van der Waals surface area contributed by atoms with E-state index in [2.05, 4.69) is 24.8 Å². The molecule has 0 aromatic heterocycles. The summed E-state index contributed by atoms with van der Waals surface area (Å²) in [6.07, 6.45) is 0. The summed E-state index contributed by atoms with van der Waals surface area (Å²) in [5, 5.41) is 15.4. The van der Waals surface area contributed by atoms with E-state index in [4.69, 9.17) is 16.2 Å². The quantitative estimate of drug-likeness (QED) is 0.273. The first-order valence-corrected chi connectivity index (χ1v) is 3.27. The Bertz CT molecular complexity index is 133. The van der Waals surface area contributed by atoms with Crippen LogP contribution in [0.15, 0.2) is 0 Å². The van der Waals surface area contributed by atoms with Crippen LogP contribution in [0.5, 0.6) is 0 Å². The Morgan fingerprint density at radius 2 is 2.30 bits per heavy atom. The number of carboxylic acid groups (broad SMARTS) is 1. The number of nitrogens with two attached hydrogens (primary N) is 1. The molecule has 0 heterocycles. The van der Waals surface area contributed by atoms with Crippen molar-refractivity contribution >= 4 is 36.0 Å². The topological polar surface area (TPSA) is 87.2 Å². The summed E-state index contributed by atoms with van der Waals surface area (Å²) in [5.41, 5.74) is 4.94. The average molecular weight is 180 g/mol. The van der Waals surface area contributed by atoms with Gasteiger partial charge < -0.3 is 10.8 Å². The SMILES string of the molecule is N=C=S.N[C@@H](CS)C(=O)O. The summed E-state index contributed by atoms with van der Waals surface area (Å²) >= 11 is 7.46. The molecule has 58 valence electrons. The van der Waals surface area contributed by atoms with Crippen LogP contribution in [0.1, 0.15) is 0 Å². The van der Waals surface area contributed by atoms with Gasteiger partial charge in [0.15, 0.2) is 0 Å². The Morgan fingerprint density at radius 3 is 2.30 bits per heavy atom. The van der Waals surface area contributed by atoms with E-state index in [0.29, 0.717) is 0 Å². The minimum atomic E-state index is -1.00. The van der Waals surface area contributed by atoms with Crippen LogP contribution in [-0.2, 0) is 4.79 Å². The Hall–Kier alpha value is -0.420. The Kier molecular flexibility index (Phi) is 10.5. The van der Waals surface area contributed by atoms with Crippen molar-refractivity contribution in [3.63, 3.8) is 0 Å². The van der Waals surface area contributed by atoms with Crippen LogP contribution in [0.4, 0.5) is 0 Å². The molecule has 10 heavy (non-hydrogen) atoms. The lowest BCUT2D eigenvalue weighted by atomic mass is 10.4. The molecule has 0 saturated carbocycles. The van der Waals surface area contributed by atoms with Gasteiger partial charge in [-0.1, -0.05) is 0 Å². The highest BCUT2D eigenvalue weighted by Gasteiger charge is 2.06. The third-order valence-corrected chi connectivity index (χ3v) is 0.907. The van der Waals surface area contributed by atoms with Crippen molar-refractivity contribution in [1.82, 2.24) is 0 Å². The summed E-state index contributed by atoms with van der Waals surface area (Å²) in [4.78, 5) is 9.76. The molecule has 0 aromatic carbocycles. The number of hydrogen-bond acceptors (Lipinski definition) is 5. The highest BCUT2D eigenvalue weighted by atomic mass is 32.1. The molecule has 1 atom stereocenters. The lowest BCUT2D eigenvalue weighted by molar-refractivity contribution is -0.137. The van der Waals surface area contributed by atoms with E-state index in [1.165, 1.54) is 0 Å². The largest absolute Gasteiger partial charge is 0.480 e. The molecule has 0 unspecified atom stereocenters. The van der Waals surface area contributed by atoms with Crippen LogP contribution in [0.2, 0.25) is 0 Å². The maximum absolute atomic E-state index is 9.76. The molecule has 4 N–H and O–H groups in total. The molecule has 0 aliphatic rings. The van der Waals surface area contributed by atoms with Crippen LogP contribution in [-0.4, -0.2) is 28.0 Å². The highest BCUT2D eigenvalue weighted by Crippen LogP contribution is 1.80. The molecule has 0 fully saturated rings.